The van der Waals surface area contributed by atoms with E-state index in [0.717, 1.165) is 17.2 Å². The first-order valence-corrected chi connectivity index (χ1v) is 10.0. The van der Waals surface area contributed by atoms with Crippen LogP contribution in [0.2, 0.25) is 0 Å². The van der Waals surface area contributed by atoms with Crippen LogP contribution in [0.15, 0.2) is 77.7 Å². The molecule has 0 bridgehead atoms. The second-order valence-electron chi connectivity index (χ2n) is 6.22. The van der Waals surface area contributed by atoms with Gasteiger partial charge in [-0.25, -0.2) is 17.6 Å². The largest absolute Gasteiger partial charge is 0.478 e. The van der Waals surface area contributed by atoms with E-state index < -0.39 is 21.8 Å². The number of aromatic carboxylic acids is 1. The number of hydrogen-bond donors (Lipinski definition) is 2. The molecule has 0 spiro atoms. The van der Waals surface area contributed by atoms with Gasteiger partial charge in [-0.2, -0.15) is 0 Å². The van der Waals surface area contributed by atoms with Gasteiger partial charge >= 0.3 is 5.97 Å². The minimum Gasteiger partial charge on any atom is -0.478 e. The van der Waals surface area contributed by atoms with Gasteiger partial charge in [-0.1, -0.05) is 36.4 Å². The van der Waals surface area contributed by atoms with Gasteiger partial charge in [0.1, 0.15) is 5.82 Å². The van der Waals surface area contributed by atoms with Crippen LogP contribution in [0.25, 0.3) is 0 Å². The zero-order chi connectivity index (χ0) is 20.1. The van der Waals surface area contributed by atoms with Crippen molar-refractivity contribution in [3.63, 3.8) is 0 Å². The lowest BCUT2D eigenvalue weighted by Crippen LogP contribution is -2.14. The fraction of sp³-hybridized carbons (Fsp3) is 0.0952. The number of sulfonamides is 1. The van der Waals surface area contributed by atoms with Crippen LogP contribution < -0.4 is 4.72 Å². The summed E-state index contributed by atoms with van der Waals surface area (Å²) in [7, 11) is -3.91. The first-order chi connectivity index (χ1) is 13.3. The topological polar surface area (TPSA) is 83.5 Å². The number of carboxylic acid groups (broad SMARTS) is 1. The molecule has 0 aliphatic heterocycles. The van der Waals surface area contributed by atoms with Gasteiger partial charge in [0.2, 0.25) is 0 Å². The summed E-state index contributed by atoms with van der Waals surface area (Å²) in [6.45, 7) is 0. The van der Waals surface area contributed by atoms with Crippen LogP contribution in [0.3, 0.4) is 0 Å². The smallest absolute Gasteiger partial charge is 0.335 e. The van der Waals surface area contributed by atoms with Crippen LogP contribution in [-0.2, 0) is 22.9 Å². The van der Waals surface area contributed by atoms with E-state index in [4.69, 9.17) is 5.11 Å². The molecule has 0 atom stereocenters. The Balaban J connectivity index is 1.77. The van der Waals surface area contributed by atoms with E-state index in [2.05, 4.69) is 4.72 Å². The van der Waals surface area contributed by atoms with Crippen LogP contribution in [0.1, 0.15) is 21.5 Å². The number of para-hydroxylation sites is 1. The molecule has 7 heteroatoms. The van der Waals surface area contributed by atoms with Crippen LogP contribution in [0.5, 0.6) is 0 Å². The van der Waals surface area contributed by atoms with Crippen molar-refractivity contribution in [2.45, 2.75) is 17.7 Å². The molecule has 3 rings (SSSR count). The van der Waals surface area contributed by atoms with Crippen LogP contribution >= 0.6 is 0 Å². The number of nitrogens with one attached hydrogen (secondary N) is 1. The van der Waals surface area contributed by atoms with Gasteiger partial charge in [0.25, 0.3) is 10.0 Å². The van der Waals surface area contributed by atoms with Gasteiger partial charge in [0.05, 0.1) is 16.1 Å². The van der Waals surface area contributed by atoms with Crippen molar-refractivity contribution < 1.29 is 22.7 Å². The molecule has 144 valence electrons. The Morgan fingerprint density at radius 1 is 0.929 bits per heavy atom. The Bertz CT molecular complexity index is 1100. The summed E-state index contributed by atoms with van der Waals surface area (Å²) in [4.78, 5) is 10.8. The molecule has 0 aromatic heterocycles. The molecule has 0 saturated carbocycles. The molecule has 3 aromatic carbocycles. The third-order valence-corrected chi connectivity index (χ3v) is 5.62. The maximum absolute atomic E-state index is 13.4. The maximum atomic E-state index is 13.4. The highest BCUT2D eigenvalue weighted by molar-refractivity contribution is 7.92. The molecule has 0 heterocycles. The van der Waals surface area contributed by atoms with Gasteiger partial charge in [-0.15, -0.1) is 0 Å². The number of carbonyl (C=O) groups is 1. The normalized spacial score (nSPS) is 11.2. The molecule has 0 fully saturated rings. The van der Waals surface area contributed by atoms with Gasteiger partial charge in [-0.05, 0) is 60.4 Å². The minimum absolute atomic E-state index is 0.147. The third-order valence-electron chi connectivity index (χ3n) is 4.25. The average molecular weight is 399 g/mol. The minimum atomic E-state index is -3.91. The Morgan fingerprint density at radius 2 is 1.64 bits per heavy atom. The number of aryl methyl sites for hydroxylation is 2. The summed E-state index contributed by atoms with van der Waals surface area (Å²) in [5.74, 6) is -1.61. The highest BCUT2D eigenvalue weighted by Gasteiger charge is 2.16. The lowest BCUT2D eigenvalue weighted by molar-refractivity contribution is 0.0697. The first kappa shape index (κ1) is 19.6. The Labute approximate surface area is 162 Å². The van der Waals surface area contributed by atoms with E-state index >= 15 is 0 Å². The van der Waals surface area contributed by atoms with Crippen molar-refractivity contribution in [2.75, 3.05) is 4.72 Å². The maximum Gasteiger partial charge on any atom is 0.335 e. The second-order valence-corrected chi connectivity index (χ2v) is 7.90. The molecular weight excluding hydrogens is 381 g/mol. The molecule has 0 radical (unpaired) electrons. The summed E-state index contributed by atoms with van der Waals surface area (Å²) < 4.78 is 41.0. The predicted octanol–water partition coefficient (Wildman–Crippen LogP) is 4.11. The molecule has 0 amide bonds. The van der Waals surface area contributed by atoms with Crippen LogP contribution in [0.4, 0.5) is 10.1 Å². The zero-order valence-corrected chi connectivity index (χ0v) is 15.6. The fourth-order valence-electron chi connectivity index (χ4n) is 2.77. The molecule has 5 nitrogen and oxygen atoms in total. The summed E-state index contributed by atoms with van der Waals surface area (Å²) in [6, 6.07) is 18.4. The van der Waals surface area contributed by atoms with Gasteiger partial charge < -0.3 is 5.11 Å². The van der Waals surface area contributed by atoms with Crippen molar-refractivity contribution in [1.29, 1.82) is 0 Å². The zero-order valence-electron chi connectivity index (χ0n) is 14.8. The predicted molar refractivity (Wildman–Crippen MR) is 104 cm³/mol. The van der Waals surface area contributed by atoms with E-state index in [0.29, 0.717) is 18.5 Å². The Morgan fingerprint density at radius 3 is 2.32 bits per heavy atom. The van der Waals surface area contributed by atoms with E-state index in [-0.39, 0.29) is 10.5 Å². The molecule has 28 heavy (non-hydrogen) atoms. The van der Waals surface area contributed by atoms with Crippen molar-refractivity contribution >= 4 is 21.7 Å². The number of rotatable bonds is 7. The van der Waals surface area contributed by atoms with E-state index in [9.17, 15) is 17.6 Å². The second kappa shape index (κ2) is 8.22. The number of anilines is 1. The quantitative estimate of drug-likeness (QED) is 0.626. The fourth-order valence-corrected chi connectivity index (χ4v) is 3.90. The van der Waals surface area contributed by atoms with Gasteiger partial charge in [0, 0.05) is 0 Å². The number of hydrogen-bond acceptors (Lipinski definition) is 3. The summed E-state index contributed by atoms with van der Waals surface area (Å²) in [5, 5.41) is 8.95. The first-order valence-electron chi connectivity index (χ1n) is 8.54. The van der Waals surface area contributed by atoms with Gasteiger partial charge in [-0.3, -0.25) is 4.72 Å². The Hall–Kier alpha value is -3.19. The standard InChI is InChI=1S/C21H18FNO4S/c22-18-5-3-6-19(14-18)28(26,27)23-20-7-2-1-4-16(20)11-8-15-9-12-17(13-10-15)21(24)25/h1-7,9-10,12-14,23H,8,11H2,(H,24,25). The Kier molecular flexibility index (Phi) is 5.75. The summed E-state index contributed by atoms with van der Waals surface area (Å²) in [5.41, 5.74) is 2.36. The number of carboxylic acids is 1. The lowest BCUT2D eigenvalue weighted by Gasteiger charge is -2.13. The highest BCUT2D eigenvalue weighted by atomic mass is 32.2. The summed E-state index contributed by atoms with van der Waals surface area (Å²) >= 11 is 0. The molecule has 3 aromatic rings. The van der Waals surface area contributed by atoms with E-state index in [1.54, 1.807) is 24.3 Å². The van der Waals surface area contributed by atoms with Crippen molar-refractivity contribution in [3.05, 3.63) is 95.3 Å². The third kappa shape index (κ3) is 4.75. The van der Waals surface area contributed by atoms with Crippen molar-refractivity contribution in [3.8, 4) is 0 Å². The van der Waals surface area contributed by atoms with Crippen LogP contribution in [0, 0.1) is 5.82 Å². The van der Waals surface area contributed by atoms with Crippen LogP contribution in [-0.4, -0.2) is 19.5 Å². The summed E-state index contributed by atoms with van der Waals surface area (Å²) in [6.07, 6.45) is 1.16. The molecule has 0 aliphatic rings. The van der Waals surface area contributed by atoms with Crippen molar-refractivity contribution in [1.82, 2.24) is 0 Å². The number of benzene rings is 3. The van der Waals surface area contributed by atoms with E-state index in [1.165, 1.54) is 30.3 Å². The molecule has 0 unspecified atom stereocenters. The number of halogens is 1. The molecular formula is C21H18FNO4S. The van der Waals surface area contributed by atoms with E-state index in [1.807, 2.05) is 12.1 Å². The van der Waals surface area contributed by atoms with Gasteiger partial charge in [0.15, 0.2) is 0 Å². The monoisotopic (exact) mass is 399 g/mol. The lowest BCUT2D eigenvalue weighted by atomic mass is 10.0. The molecule has 0 saturated heterocycles. The molecule has 0 aliphatic carbocycles. The molecule has 2 N–H and O–H groups in total. The average Bonchev–Trinajstić information content (AvgIpc) is 2.67. The highest BCUT2D eigenvalue weighted by Crippen LogP contribution is 2.22. The van der Waals surface area contributed by atoms with Crippen molar-refractivity contribution in [2.24, 2.45) is 0 Å². The SMILES string of the molecule is O=C(O)c1ccc(CCc2ccccc2NS(=O)(=O)c2cccc(F)c2)cc1.